The summed E-state index contributed by atoms with van der Waals surface area (Å²) >= 11 is 3.34. The fraction of sp³-hybridized carbons (Fsp3) is 0.417. The molecule has 5 nitrogen and oxygen atoms in total. The topological polar surface area (TPSA) is 86.2 Å². The van der Waals surface area contributed by atoms with Gasteiger partial charge >= 0.3 is 0 Å². The van der Waals surface area contributed by atoms with Crippen LogP contribution in [0.4, 0.5) is 0 Å². The number of quaternary nitrogens is 1. The first-order chi connectivity index (χ1) is 8.36. The number of halogens is 1. The number of carboxylic acid groups (broad SMARTS) is 1. The fourth-order valence-electron chi connectivity index (χ4n) is 1.43. The second kappa shape index (κ2) is 6.06. The average molecular weight is 318 g/mol. The van der Waals surface area contributed by atoms with Crippen molar-refractivity contribution >= 4 is 21.9 Å². The summed E-state index contributed by atoms with van der Waals surface area (Å²) in [6.45, 7) is 3.79. The lowest BCUT2D eigenvalue weighted by atomic mass is 10.1. The van der Waals surface area contributed by atoms with E-state index in [2.05, 4.69) is 21.7 Å². The first kappa shape index (κ1) is 14.8. The Morgan fingerprint density at radius 3 is 2.50 bits per heavy atom. The van der Waals surface area contributed by atoms with Gasteiger partial charge in [-0.15, -0.1) is 0 Å². The highest BCUT2D eigenvalue weighted by molar-refractivity contribution is 9.10. The molecule has 100 valence electrons. The molecule has 18 heavy (non-hydrogen) atoms. The minimum Gasteiger partial charge on any atom is -0.544 e. The Kier molecular flexibility index (Phi) is 4.98. The number of methoxy groups -OCH3 is 1. The van der Waals surface area contributed by atoms with Crippen molar-refractivity contribution in [2.45, 2.75) is 26.0 Å². The first-order valence-corrected chi connectivity index (χ1v) is 6.24. The van der Waals surface area contributed by atoms with Crippen molar-refractivity contribution in [2.24, 2.45) is 0 Å². The van der Waals surface area contributed by atoms with Crippen LogP contribution >= 0.6 is 15.9 Å². The summed E-state index contributed by atoms with van der Waals surface area (Å²) in [5.41, 5.74) is 4.03. The Bertz CT molecular complexity index is 448. The number of hydrogen-bond donors (Lipinski definition) is 1. The van der Waals surface area contributed by atoms with Gasteiger partial charge < -0.3 is 25.1 Å². The van der Waals surface area contributed by atoms with Crippen molar-refractivity contribution in [3.05, 3.63) is 22.2 Å². The summed E-state index contributed by atoms with van der Waals surface area (Å²) in [6, 6.07) is 2.28. The van der Waals surface area contributed by atoms with Crippen molar-refractivity contribution in [1.29, 1.82) is 0 Å². The fourth-order valence-corrected chi connectivity index (χ4v) is 1.98. The third kappa shape index (κ3) is 3.36. The molecule has 0 aliphatic rings. The Morgan fingerprint density at radius 2 is 2.06 bits per heavy atom. The standard InChI is InChI=1S/C12H16BrNO4/c1-6(2)18-11-8(13)4-7(5-9(11)17-3)10(14)12(15)16/h4-6,10H,14H2,1-3H3,(H,15,16)/t10-/m1/s1. The van der Waals surface area contributed by atoms with Crippen molar-refractivity contribution in [2.75, 3.05) is 7.11 Å². The highest BCUT2D eigenvalue weighted by Crippen LogP contribution is 2.38. The molecule has 0 amide bonds. The molecule has 0 radical (unpaired) electrons. The molecule has 0 aromatic heterocycles. The predicted octanol–water partition coefficient (Wildman–Crippen LogP) is 0.278. The number of carbonyl (C=O) groups is 1. The Labute approximate surface area is 114 Å². The summed E-state index contributed by atoms with van der Waals surface area (Å²) < 4.78 is 11.4. The molecule has 0 heterocycles. The monoisotopic (exact) mass is 317 g/mol. The minimum atomic E-state index is -1.23. The number of ether oxygens (including phenoxy) is 2. The summed E-state index contributed by atoms with van der Waals surface area (Å²) in [5.74, 6) is -0.230. The van der Waals surface area contributed by atoms with Crippen LogP contribution < -0.4 is 20.3 Å². The van der Waals surface area contributed by atoms with Gasteiger partial charge in [0.25, 0.3) is 0 Å². The molecule has 1 atom stereocenters. The highest BCUT2D eigenvalue weighted by atomic mass is 79.9. The zero-order valence-electron chi connectivity index (χ0n) is 10.5. The van der Waals surface area contributed by atoms with E-state index >= 15 is 0 Å². The molecule has 6 heteroatoms. The summed E-state index contributed by atoms with van der Waals surface area (Å²) in [5, 5.41) is 10.8. The predicted molar refractivity (Wildman–Crippen MR) is 67.1 cm³/mol. The molecular weight excluding hydrogens is 302 g/mol. The van der Waals surface area contributed by atoms with E-state index in [1.807, 2.05) is 13.8 Å². The van der Waals surface area contributed by atoms with E-state index < -0.39 is 12.0 Å². The average Bonchev–Trinajstić information content (AvgIpc) is 2.29. The minimum absolute atomic E-state index is 0.0160. The lowest BCUT2D eigenvalue weighted by Gasteiger charge is -2.18. The molecule has 0 aliphatic heterocycles. The summed E-state index contributed by atoms with van der Waals surface area (Å²) in [4.78, 5) is 10.8. The Balaban J connectivity index is 3.22. The maximum atomic E-state index is 10.8. The van der Waals surface area contributed by atoms with Crippen molar-refractivity contribution in [1.82, 2.24) is 0 Å². The zero-order valence-corrected chi connectivity index (χ0v) is 12.1. The number of aliphatic carboxylic acids is 1. The number of carboxylic acids is 1. The quantitative estimate of drug-likeness (QED) is 0.845. The van der Waals surface area contributed by atoms with Crippen LogP contribution in [-0.4, -0.2) is 19.2 Å². The van der Waals surface area contributed by atoms with E-state index in [-0.39, 0.29) is 6.10 Å². The van der Waals surface area contributed by atoms with Crippen LogP contribution in [0.3, 0.4) is 0 Å². The maximum absolute atomic E-state index is 10.8. The van der Waals surface area contributed by atoms with Crippen molar-refractivity contribution in [3.8, 4) is 11.5 Å². The van der Waals surface area contributed by atoms with Gasteiger partial charge in [-0.05, 0) is 41.9 Å². The lowest BCUT2D eigenvalue weighted by molar-refractivity contribution is -0.443. The van der Waals surface area contributed by atoms with Gasteiger partial charge in [0.1, 0.15) is 5.97 Å². The van der Waals surface area contributed by atoms with Crippen molar-refractivity contribution in [3.63, 3.8) is 0 Å². The van der Waals surface area contributed by atoms with Crippen LogP contribution in [0.5, 0.6) is 11.5 Å². The number of hydrogen-bond acceptors (Lipinski definition) is 4. The van der Waals surface area contributed by atoms with E-state index in [0.29, 0.717) is 21.5 Å². The summed E-state index contributed by atoms with van der Waals surface area (Å²) in [6.07, 6.45) is -0.0160. The van der Waals surface area contributed by atoms with Gasteiger partial charge in [-0.2, -0.15) is 0 Å². The smallest absolute Gasteiger partial charge is 0.175 e. The second-order valence-electron chi connectivity index (χ2n) is 4.07. The van der Waals surface area contributed by atoms with Crippen LogP contribution in [0.1, 0.15) is 25.5 Å². The number of benzene rings is 1. The largest absolute Gasteiger partial charge is 0.544 e. The maximum Gasteiger partial charge on any atom is 0.175 e. The Hall–Kier alpha value is -1.27. The molecule has 0 saturated carbocycles. The van der Waals surface area contributed by atoms with Crippen LogP contribution in [0.25, 0.3) is 0 Å². The molecule has 0 saturated heterocycles. The number of carbonyl (C=O) groups excluding carboxylic acids is 1. The third-order valence-electron chi connectivity index (χ3n) is 2.29. The van der Waals surface area contributed by atoms with E-state index in [0.717, 1.165) is 0 Å². The molecule has 1 aromatic rings. The van der Waals surface area contributed by atoms with Crippen molar-refractivity contribution < 1.29 is 25.1 Å². The van der Waals surface area contributed by atoms with Crippen LogP contribution in [-0.2, 0) is 4.79 Å². The van der Waals surface area contributed by atoms with Gasteiger partial charge in [0, 0.05) is 5.56 Å². The molecule has 0 bridgehead atoms. The molecule has 0 aliphatic carbocycles. The SMILES string of the molecule is COc1cc([C@@H]([NH3+])C(=O)[O-])cc(Br)c1OC(C)C. The first-order valence-electron chi connectivity index (χ1n) is 5.44. The molecule has 0 unspecified atom stereocenters. The second-order valence-corrected chi connectivity index (χ2v) is 4.93. The molecule has 0 spiro atoms. The lowest BCUT2D eigenvalue weighted by Crippen LogP contribution is -2.61. The molecule has 3 N–H and O–H groups in total. The van der Waals surface area contributed by atoms with Crippen LogP contribution in [0, 0.1) is 0 Å². The molecule has 1 rings (SSSR count). The zero-order chi connectivity index (χ0) is 13.9. The molecular formula is C12H16BrNO4. The Morgan fingerprint density at radius 1 is 1.44 bits per heavy atom. The van der Waals surface area contributed by atoms with Gasteiger partial charge in [0.2, 0.25) is 0 Å². The number of rotatable bonds is 5. The van der Waals surface area contributed by atoms with E-state index in [1.165, 1.54) is 7.11 Å². The summed E-state index contributed by atoms with van der Waals surface area (Å²) in [7, 11) is 1.50. The highest BCUT2D eigenvalue weighted by Gasteiger charge is 2.18. The van der Waals surface area contributed by atoms with E-state index in [1.54, 1.807) is 12.1 Å². The van der Waals surface area contributed by atoms with Gasteiger partial charge in [0.15, 0.2) is 17.5 Å². The van der Waals surface area contributed by atoms with Gasteiger partial charge in [-0.25, -0.2) is 0 Å². The van der Waals surface area contributed by atoms with Gasteiger partial charge in [0.05, 0.1) is 17.7 Å². The normalized spacial score (nSPS) is 12.3. The molecule has 0 fully saturated rings. The molecule has 1 aromatic carbocycles. The van der Waals surface area contributed by atoms with Crippen LogP contribution in [0.15, 0.2) is 16.6 Å². The van der Waals surface area contributed by atoms with Gasteiger partial charge in [-0.3, -0.25) is 0 Å². The van der Waals surface area contributed by atoms with E-state index in [9.17, 15) is 9.90 Å². The van der Waals surface area contributed by atoms with E-state index in [4.69, 9.17) is 9.47 Å². The van der Waals surface area contributed by atoms with Gasteiger partial charge in [-0.1, -0.05) is 0 Å². The van der Waals surface area contributed by atoms with Crippen LogP contribution in [0.2, 0.25) is 0 Å². The third-order valence-corrected chi connectivity index (χ3v) is 2.88.